The van der Waals surface area contributed by atoms with Crippen molar-refractivity contribution >= 4 is 11.7 Å². The van der Waals surface area contributed by atoms with Gasteiger partial charge in [-0.2, -0.15) is 5.10 Å². The highest BCUT2D eigenvalue weighted by molar-refractivity contribution is 6.20. The number of nitrogens with two attached hydrogens (primary N) is 1. The first-order valence-electron chi connectivity index (χ1n) is 3.98. The Hall–Kier alpha value is -1.46. The van der Waals surface area contributed by atoms with Crippen LogP contribution in [0.5, 0.6) is 0 Å². The molecule has 0 aromatic rings. The summed E-state index contributed by atoms with van der Waals surface area (Å²) < 4.78 is 29.1. The van der Waals surface area contributed by atoms with Crippen LogP contribution < -0.4 is 5.84 Å². The molecule has 4 nitrogen and oxygen atoms in total. The van der Waals surface area contributed by atoms with E-state index in [1.54, 1.807) is 6.92 Å². The van der Waals surface area contributed by atoms with Crippen LogP contribution in [0.4, 0.5) is 8.78 Å². The Kier molecular flexibility index (Phi) is 5.43. The van der Waals surface area contributed by atoms with E-state index in [1.165, 1.54) is 13.0 Å². The van der Waals surface area contributed by atoms with Crippen molar-refractivity contribution in [2.75, 3.05) is 6.61 Å². The fraction of sp³-hybridized carbons (Fsp3) is 0.500. The number of carbonyl (C=O) groups excluding carboxylic acids is 1. The molecule has 0 saturated heterocycles. The van der Waals surface area contributed by atoms with Crippen LogP contribution in [-0.2, 0) is 9.53 Å². The van der Waals surface area contributed by atoms with Gasteiger partial charge in [-0.15, -0.1) is 0 Å². The van der Waals surface area contributed by atoms with Crippen molar-refractivity contribution in [3.8, 4) is 0 Å². The molecular weight excluding hydrogens is 194 g/mol. The summed E-state index contributed by atoms with van der Waals surface area (Å²) >= 11 is 0. The standard InChI is InChI=1S/C8H12F2N2O2/c1-3-5(8(13)14-4-2)6(12-11)7(9)10/h3,7H,4,11H2,1-2H3/b5-3+,12-6+. The minimum absolute atomic E-state index is 0.108. The maximum absolute atomic E-state index is 12.3. The van der Waals surface area contributed by atoms with E-state index in [4.69, 9.17) is 5.84 Å². The Morgan fingerprint density at radius 2 is 2.21 bits per heavy atom. The number of hydrogen-bond donors (Lipinski definition) is 1. The molecule has 0 atom stereocenters. The second-order valence-electron chi connectivity index (χ2n) is 2.24. The van der Waals surface area contributed by atoms with Crippen molar-refractivity contribution < 1.29 is 18.3 Å². The number of hydrazone groups is 1. The van der Waals surface area contributed by atoms with E-state index in [0.29, 0.717) is 0 Å². The van der Waals surface area contributed by atoms with Crippen LogP contribution in [-0.4, -0.2) is 24.7 Å². The third-order valence-electron chi connectivity index (χ3n) is 1.41. The van der Waals surface area contributed by atoms with Crippen LogP contribution in [0.1, 0.15) is 13.8 Å². The minimum atomic E-state index is -2.89. The molecular formula is C8H12F2N2O2. The molecule has 0 radical (unpaired) electrons. The zero-order chi connectivity index (χ0) is 11.1. The second-order valence-corrected chi connectivity index (χ2v) is 2.24. The smallest absolute Gasteiger partial charge is 0.339 e. The highest BCUT2D eigenvalue weighted by Gasteiger charge is 2.24. The summed E-state index contributed by atoms with van der Waals surface area (Å²) in [7, 11) is 0. The van der Waals surface area contributed by atoms with Gasteiger partial charge >= 0.3 is 5.97 Å². The fourth-order valence-electron chi connectivity index (χ4n) is 0.823. The Balaban J connectivity index is 4.82. The van der Waals surface area contributed by atoms with Crippen LogP contribution in [0, 0.1) is 0 Å². The van der Waals surface area contributed by atoms with E-state index < -0.39 is 18.1 Å². The topological polar surface area (TPSA) is 64.7 Å². The van der Waals surface area contributed by atoms with E-state index in [9.17, 15) is 13.6 Å². The molecule has 0 bridgehead atoms. The average molecular weight is 206 g/mol. The maximum Gasteiger partial charge on any atom is 0.339 e. The molecule has 0 aromatic carbocycles. The highest BCUT2D eigenvalue weighted by atomic mass is 19.3. The molecule has 0 aromatic heterocycles. The van der Waals surface area contributed by atoms with Crippen molar-refractivity contribution in [1.29, 1.82) is 0 Å². The number of hydrogen-bond acceptors (Lipinski definition) is 4. The van der Waals surface area contributed by atoms with Gasteiger partial charge in [0.2, 0.25) is 0 Å². The third-order valence-corrected chi connectivity index (χ3v) is 1.41. The van der Waals surface area contributed by atoms with Gasteiger partial charge in [0, 0.05) is 0 Å². The lowest BCUT2D eigenvalue weighted by atomic mass is 10.1. The fourth-order valence-corrected chi connectivity index (χ4v) is 0.823. The lowest BCUT2D eigenvalue weighted by Gasteiger charge is -2.07. The first-order valence-corrected chi connectivity index (χ1v) is 3.98. The number of nitrogens with zero attached hydrogens (tertiary/aromatic N) is 1. The quantitative estimate of drug-likeness (QED) is 0.246. The van der Waals surface area contributed by atoms with Crippen molar-refractivity contribution in [2.45, 2.75) is 20.3 Å². The molecule has 0 saturated carbocycles. The summed E-state index contributed by atoms with van der Waals surface area (Å²) in [4.78, 5) is 11.1. The first-order chi connectivity index (χ1) is 6.58. The van der Waals surface area contributed by atoms with Gasteiger partial charge in [-0.1, -0.05) is 6.08 Å². The van der Waals surface area contributed by atoms with Crippen molar-refractivity contribution in [3.05, 3.63) is 11.6 Å². The first kappa shape index (κ1) is 12.5. The summed E-state index contributed by atoms with van der Waals surface area (Å²) in [6.07, 6.45) is -1.70. The van der Waals surface area contributed by atoms with Gasteiger partial charge in [-0.3, -0.25) is 0 Å². The zero-order valence-corrected chi connectivity index (χ0v) is 7.96. The van der Waals surface area contributed by atoms with E-state index in [1.807, 2.05) is 0 Å². The molecule has 0 unspecified atom stereocenters. The zero-order valence-electron chi connectivity index (χ0n) is 7.96. The molecule has 0 aliphatic carbocycles. The summed E-state index contributed by atoms with van der Waals surface area (Å²) in [6.45, 7) is 3.11. The summed E-state index contributed by atoms with van der Waals surface area (Å²) in [6, 6.07) is 0. The average Bonchev–Trinajstić information content (AvgIpc) is 2.13. The number of halogens is 2. The van der Waals surface area contributed by atoms with E-state index in [-0.39, 0.29) is 12.2 Å². The molecule has 0 aliphatic heterocycles. The Labute approximate surface area is 80.4 Å². The molecule has 0 fully saturated rings. The molecule has 2 N–H and O–H groups in total. The molecule has 14 heavy (non-hydrogen) atoms. The number of allylic oxidation sites excluding steroid dienone is 1. The molecule has 0 spiro atoms. The van der Waals surface area contributed by atoms with Crippen LogP contribution in [0.3, 0.4) is 0 Å². The largest absolute Gasteiger partial charge is 0.462 e. The normalized spacial score (nSPS) is 13.2. The number of alkyl halides is 2. The van der Waals surface area contributed by atoms with Crippen molar-refractivity contribution in [2.24, 2.45) is 10.9 Å². The number of carbonyl (C=O) groups is 1. The summed E-state index contributed by atoms with van der Waals surface area (Å²) in [5.41, 5.74) is -1.06. The van der Waals surface area contributed by atoms with E-state index >= 15 is 0 Å². The van der Waals surface area contributed by atoms with Crippen LogP contribution >= 0.6 is 0 Å². The maximum atomic E-state index is 12.3. The van der Waals surface area contributed by atoms with Crippen LogP contribution in [0.2, 0.25) is 0 Å². The lowest BCUT2D eigenvalue weighted by molar-refractivity contribution is -0.137. The second kappa shape index (κ2) is 6.06. The Morgan fingerprint density at radius 1 is 1.64 bits per heavy atom. The predicted molar refractivity (Wildman–Crippen MR) is 48.0 cm³/mol. The monoisotopic (exact) mass is 206 g/mol. The molecule has 0 heterocycles. The predicted octanol–water partition coefficient (Wildman–Crippen LogP) is 1.08. The van der Waals surface area contributed by atoms with Gasteiger partial charge in [0.25, 0.3) is 6.43 Å². The van der Waals surface area contributed by atoms with Crippen molar-refractivity contribution in [1.82, 2.24) is 0 Å². The van der Waals surface area contributed by atoms with Crippen molar-refractivity contribution in [3.63, 3.8) is 0 Å². The van der Waals surface area contributed by atoms with Crippen LogP contribution in [0.15, 0.2) is 16.8 Å². The van der Waals surface area contributed by atoms with Gasteiger partial charge in [0.1, 0.15) is 5.71 Å². The van der Waals surface area contributed by atoms with Gasteiger partial charge in [0.15, 0.2) is 0 Å². The number of esters is 1. The highest BCUT2D eigenvalue weighted by Crippen LogP contribution is 2.09. The molecule has 6 heteroatoms. The number of ether oxygens (including phenoxy) is 1. The van der Waals surface area contributed by atoms with Gasteiger partial charge in [0.05, 0.1) is 12.2 Å². The van der Waals surface area contributed by atoms with E-state index in [0.717, 1.165) is 0 Å². The Bertz CT molecular complexity index is 262. The SMILES string of the molecule is C/C=C(C(=O)OCC)\C(=N/N)C(F)F. The summed E-state index contributed by atoms with van der Waals surface area (Å²) in [5.74, 6) is 3.90. The third kappa shape index (κ3) is 3.12. The minimum Gasteiger partial charge on any atom is -0.462 e. The summed E-state index contributed by atoms with van der Waals surface area (Å²) in [5, 5.41) is 2.86. The van der Waals surface area contributed by atoms with E-state index in [2.05, 4.69) is 9.84 Å². The number of rotatable bonds is 4. The van der Waals surface area contributed by atoms with Gasteiger partial charge < -0.3 is 10.6 Å². The van der Waals surface area contributed by atoms with Crippen LogP contribution in [0.25, 0.3) is 0 Å². The Morgan fingerprint density at radius 3 is 2.50 bits per heavy atom. The van der Waals surface area contributed by atoms with Gasteiger partial charge in [-0.25, -0.2) is 13.6 Å². The lowest BCUT2D eigenvalue weighted by Crippen LogP contribution is -2.23. The molecule has 80 valence electrons. The molecule has 0 rings (SSSR count). The van der Waals surface area contributed by atoms with Gasteiger partial charge in [-0.05, 0) is 13.8 Å². The molecule has 0 aliphatic rings. The molecule has 0 amide bonds.